The molecule has 4 nitrogen and oxygen atoms in total. The summed E-state index contributed by atoms with van der Waals surface area (Å²) in [6.45, 7) is 4.92. The van der Waals surface area contributed by atoms with Crippen LogP contribution in [0.4, 0.5) is 0 Å². The van der Waals surface area contributed by atoms with Gasteiger partial charge >= 0.3 is 5.97 Å². The second kappa shape index (κ2) is 5.19. The molecule has 0 aromatic heterocycles. The molecule has 0 saturated carbocycles. The van der Waals surface area contributed by atoms with Crippen LogP contribution in [0.5, 0.6) is 0 Å². The number of carboxylic acid groups (broad SMARTS) is 1. The van der Waals surface area contributed by atoms with E-state index in [0.717, 1.165) is 25.9 Å². The van der Waals surface area contributed by atoms with Gasteiger partial charge in [-0.15, -0.1) is 0 Å². The number of hydrogen-bond acceptors (Lipinski definition) is 3. The third kappa shape index (κ3) is 2.97. The average Bonchev–Trinajstić information content (AvgIpc) is 2.53. The summed E-state index contributed by atoms with van der Waals surface area (Å²) in [7, 11) is 0. The van der Waals surface area contributed by atoms with Gasteiger partial charge in [0.05, 0.1) is 6.61 Å². The summed E-state index contributed by atoms with van der Waals surface area (Å²) in [6.07, 6.45) is 1.77. The van der Waals surface area contributed by atoms with E-state index in [0.29, 0.717) is 13.2 Å². The Hall–Kier alpha value is -0.610. The predicted octanol–water partition coefficient (Wildman–Crippen LogP) is 0.572. The van der Waals surface area contributed by atoms with Gasteiger partial charge in [-0.2, -0.15) is 0 Å². The molecular formula is C9H17NO3. The molecule has 1 N–H and O–H groups in total. The van der Waals surface area contributed by atoms with Crippen molar-refractivity contribution in [2.75, 3.05) is 26.3 Å². The zero-order valence-corrected chi connectivity index (χ0v) is 8.03. The van der Waals surface area contributed by atoms with Gasteiger partial charge in [-0.05, 0) is 26.3 Å². The molecule has 0 radical (unpaired) electrons. The van der Waals surface area contributed by atoms with Gasteiger partial charge in [0.25, 0.3) is 0 Å². The lowest BCUT2D eigenvalue weighted by atomic mass is 10.2. The minimum absolute atomic E-state index is 0.277. The maximum Gasteiger partial charge on any atom is 0.320 e. The standard InChI is InChI=1S/C9H17NO3/c1-2-13-7-6-10-5-3-4-8(10)9(11)12/h8H,2-7H2,1H3,(H,11,12). The molecule has 76 valence electrons. The SMILES string of the molecule is CCOCCN1CCCC1C(=O)O. The predicted molar refractivity (Wildman–Crippen MR) is 48.7 cm³/mol. The fourth-order valence-corrected chi connectivity index (χ4v) is 1.70. The number of ether oxygens (including phenoxy) is 1. The molecule has 1 aliphatic rings. The van der Waals surface area contributed by atoms with E-state index < -0.39 is 5.97 Å². The fourth-order valence-electron chi connectivity index (χ4n) is 1.70. The van der Waals surface area contributed by atoms with Gasteiger partial charge in [0.15, 0.2) is 0 Å². The lowest BCUT2D eigenvalue weighted by Gasteiger charge is -2.20. The number of rotatable bonds is 5. The van der Waals surface area contributed by atoms with E-state index >= 15 is 0 Å². The topological polar surface area (TPSA) is 49.8 Å². The minimum atomic E-state index is -0.700. The number of carbonyl (C=O) groups is 1. The fraction of sp³-hybridized carbons (Fsp3) is 0.889. The Labute approximate surface area is 78.5 Å². The molecule has 0 aliphatic carbocycles. The van der Waals surface area contributed by atoms with Gasteiger partial charge in [0, 0.05) is 13.2 Å². The molecule has 0 aromatic rings. The van der Waals surface area contributed by atoms with Crippen molar-refractivity contribution in [3.8, 4) is 0 Å². The van der Waals surface area contributed by atoms with Crippen molar-refractivity contribution in [2.45, 2.75) is 25.8 Å². The Balaban J connectivity index is 2.27. The van der Waals surface area contributed by atoms with Gasteiger partial charge in [-0.1, -0.05) is 0 Å². The molecule has 0 bridgehead atoms. The third-order valence-corrected chi connectivity index (χ3v) is 2.38. The largest absolute Gasteiger partial charge is 0.480 e. The first-order valence-electron chi connectivity index (χ1n) is 4.80. The van der Waals surface area contributed by atoms with Crippen LogP contribution in [0.3, 0.4) is 0 Å². The highest BCUT2D eigenvalue weighted by Crippen LogP contribution is 2.16. The molecule has 1 saturated heterocycles. The minimum Gasteiger partial charge on any atom is -0.480 e. The van der Waals surface area contributed by atoms with E-state index in [2.05, 4.69) is 0 Å². The van der Waals surface area contributed by atoms with Gasteiger partial charge in [0.1, 0.15) is 6.04 Å². The monoisotopic (exact) mass is 187 g/mol. The van der Waals surface area contributed by atoms with Crippen LogP contribution >= 0.6 is 0 Å². The first-order valence-corrected chi connectivity index (χ1v) is 4.80. The van der Waals surface area contributed by atoms with Crippen molar-refractivity contribution in [2.24, 2.45) is 0 Å². The Morgan fingerprint density at radius 1 is 1.69 bits per heavy atom. The highest BCUT2D eigenvalue weighted by atomic mass is 16.5. The molecule has 1 atom stereocenters. The Bertz CT molecular complexity index is 172. The van der Waals surface area contributed by atoms with Crippen LogP contribution in [0.15, 0.2) is 0 Å². The molecular weight excluding hydrogens is 170 g/mol. The van der Waals surface area contributed by atoms with Gasteiger partial charge in [-0.3, -0.25) is 9.69 Å². The van der Waals surface area contributed by atoms with Crippen LogP contribution in [-0.4, -0.2) is 48.3 Å². The maximum atomic E-state index is 10.8. The molecule has 0 amide bonds. The van der Waals surface area contributed by atoms with Crippen LogP contribution in [-0.2, 0) is 9.53 Å². The van der Waals surface area contributed by atoms with Crippen LogP contribution in [0.1, 0.15) is 19.8 Å². The van der Waals surface area contributed by atoms with Crippen molar-refractivity contribution in [1.29, 1.82) is 0 Å². The molecule has 1 fully saturated rings. The second-order valence-electron chi connectivity index (χ2n) is 3.23. The number of nitrogens with zero attached hydrogens (tertiary/aromatic N) is 1. The maximum absolute atomic E-state index is 10.8. The number of likely N-dealkylation sites (tertiary alicyclic amines) is 1. The number of hydrogen-bond donors (Lipinski definition) is 1. The zero-order valence-electron chi connectivity index (χ0n) is 8.03. The summed E-state index contributed by atoms with van der Waals surface area (Å²) < 4.78 is 5.19. The number of carboxylic acids is 1. The van der Waals surface area contributed by atoms with Crippen molar-refractivity contribution in [1.82, 2.24) is 4.90 Å². The molecule has 1 aliphatic heterocycles. The summed E-state index contributed by atoms with van der Waals surface area (Å²) in [6, 6.07) is -0.277. The smallest absolute Gasteiger partial charge is 0.320 e. The summed E-state index contributed by atoms with van der Waals surface area (Å²) in [4.78, 5) is 12.7. The molecule has 0 spiro atoms. The van der Waals surface area contributed by atoms with E-state index in [-0.39, 0.29) is 6.04 Å². The molecule has 13 heavy (non-hydrogen) atoms. The Morgan fingerprint density at radius 2 is 2.46 bits per heavy atom. The Morgan fingerprint density at radius 3 is 3.08 bits per heavy atom. The van der Waals surface area contributed by atoms with Crippen molar-refractivity contribution in [3.63, 3.8) is 0 Å². The highest BCUT2D eigenvalue weighted by Gasteiger charge is 2.29. The highest BCUT2D eigenvalue weighted by molar-refractivity contribution is 5.73. The van der Waals surface area contributed by atoms with Crippen LogP contribution in [0.25, 0.3) is 0 Å². The van der Waals surface area contributed by atoms with Gasteiger partial charge < -0.3 is 9.84 Å². The summed E-state index contributed by atoms with van der Waals surface area (Å²) >= 11 is 0. The van der Waals surface area contributed by atoms with E-state index in [9.17, 15) is 4.79 Å². The van der Waals surface area contributed by atoms with Gasteiger partial charge in [-0.25, -0.2) is 0 Å². The zero-order chi connectivity index (χ0) is 9.68. The van der Waals surface area contributed by atoms with Crippen LogP contribution in [0, 0.1) is 0 Å². The summed E-state index contributed by atoms with van der Waals surface area (Å²) in [5, 5.41) is 8.86. The Kier molecular flexibility index (Phi) is 4.18. The van der Waals surface area contributed by atoms with E-state index in [1.807, 2.05) is 11.8 Å². The second-order valence-corrected chi connectivity index (χ2v) is 3.23. The third-order valence-electron chi connectivity index (χ3n) is 2.38. The van der Waals surface area contributed by atoms with Crippen molar-refractivity contribution >= 4 is 5.97 Å². The molecule has 4 heteroatoms. The molecule has 1 heterocycles. The lowest BCUT2D eigenvalue weighted by Crippen LogP contribution is -2.37. The lowest BCUT2D eigenvalue weighted by molar-refractivity contribution is -0.142. The molecule has 1 unspecified atom stereocenters. The van der Waals surface area contributed by atoms with E-state index in [1.54, 1.807) is 0 Å². The first-order chi connectivity index (χ1) is 6.25. The average molecular weight is 187 g/mol. The van der Waals surface area contributed by atoms with E-state index in [1.165, 1.54) is 0 Å². The van der Waals surface area contributed by atoms with Crippen molar-refractivity contribution < 1.29 is 14.6 Å². The molecule has 1 rings (SSSR count). The van der Waals surface area contributed by atoms with Crippen molar-refractivity contribution in [3.05, 3.63) is 0 Å². The number of aliphatic carboxylic acids is 1. The normalized spacial score (nSPS) is 23.6. The van der Waals surface area contributed by atoms with Crippen LogP contribution in [0.2, 0.25) is 0 Å². The van der Waals surface area contributed by atoms with Gasteiger partial charge in [0.2, 0.25) is 0 Å². The molecule has 0 aromatic carbocycles. The summed E-state index contributed by atoms with van der Waals surface area (Å²) in [5.41, 5.74) is 0. The van der Waals surface area contributed by atoms with Crippen LogP contribution < -0.4 is 0 Å². The summed E-state index contributed by atoms with van der Waals surface area (Å²) in [5.74, 6) is -0.700. The first kappa shape index (κ1) is 10.5. The quantitative estimate of drug-likeness (QED) is 0.639. The van der Waals surface area contributed by atoms with E-state index in [4.69, 9.17) is 9.84 Å².